The van der Waals surface area contributed by atoms with Gasteiger partial charge in [0.1, 0.15) is 12.3 Å². The second-order valence-electron chi connectivity index (χ2n) is 8.47. The van der Waals surface area contributed by atoms with E-state index < -0.39 is 22.5 Å². The van der Waals surface area contributed by atoms with Crippen LogP contribution in [0, 0.1) is 13.8 Å². The molecule has 180 valence electrons. The van der Waals surface area contributed by atoms with Crippen molar-refractivity contribution in [1.82, 2.24) is 0 Å². The largest absolute Gasteiger partial charge is 0.492 e. The first-order chi connectivity index (χ1) is 16.1. The van der Waals surface area contributed by atoms with E-state index in [1.165, 1.54) is 0 Å². The van der Waals surface area contributed by atoms with E-state index in [0.29, 0.717) is 23.7 Å². The molecule has 7 heteroatoms. The van der Waals surface area contributed by atoms with Gasteiger partial charge in [0.15, 0.2) is 0 Å². The standard InChI is InChI=1S/C27H32N2O4S/c1-6-33-25-13-8-7-12-24(25)29(34(31,32)22-16-14-20(4)15-17-22)18-26(30)28-27-21(5)10-9-11-23(27)19(2)3/h7-17,19H,6,18H2,1-5H3,(H,28,30). The molecule has 0 radical (unpaired) electrons. The lowest BCUT2D eigenvalue weighted by molar-refractivity contribution is -0.114. The van der Waals surface area contributed by atoms with Crippen molar-refractivity contribution < 1.29 is 17.9 Å². The topological polar surface area (TPSA) is 75.7 Å². The van der Waals surface area contributed by atoms with Crippen molar-refractivity contribution >= 4 is 27.3 Å². The summed E-state index contributed by atoms with van der Waals surface area (Å²) in [5.41, 5.74) is 3.89. The van der Waals surface area contributed by atoms with Gasteiger partial charge >= 0.3 is 0 Å². The van der Waals surface area contributed by atoms with E-state index in [-0.39, 0.29) is 10.8 Å². The summed E-state index contributed by atoms with van der Waals surface area (Å²) in [6.45, 7) is 9.71. The van der Waals surface area contributed by atoms with Gasteiger partial charge in [-0.25, -0.2) is 8.42 Å². The van der Waals surface area contributed by atoms with Crippen LogP contribution in [0.1, 0.15) is 43.4 Å². The lowest BCUT2D eigenvalue weighted by Crippen LogP contribution is -2.38. The maximum Gasteiger partial charge on any atom is 0.264 e. The average Bonchev–Trinajstić information content (AvgIpc) is 2.79. The highest BCUT2D eigenvalue weighted by Crippen LogP contribution is 2.33. The van der Waals surface area contributed by atoms with Crippen LogP contribution in [-0.4, -0.2) is 27.5 Å². The smallest absolute Gasteiger partial charge is 0.264 e. The first kappa shape index (κ1) is 25.3. The number of nitrogens with zero attached hydrogens (tertiary/aromatic N) is 1. The van der Waals surface area contributed by atoms with Gasteiger partial charge < -0.3 is 10.1 Å². The van der Waals surface area contributed by atoms with Crippen molar-refractivity contribution in [2.75, 3.05) is 22.8 Å². The fourth-order valence-corrected chi connectivity index (χ4v) is 5.16. The molecule has 3 rings (SSSR count). The van der Waals surface area contributed by atoms with E-state index in [1.54, 1.807) is 48.5 Å². The molecular weight excluding hydrogens is 448 g/mol. The van der Waals surface area contributed by atoms with Gasteiger partial charge in [-0.15, -0.1) is 0 Å². The monoisotopic (exact) mass is 480 g/mol. The Morgan fingerprint density at radius 1 is 0.971 bits per heavy atom. The van der Waals surface area contributed by atoms with Crippen molar-refractivity contribution in [2.24, 2.45) is 0 Å². The van der Waals surface area contributed by atoms with Crippen LogP contribution >= 0.6 is 0 Å². The fourth-order valence-electron chi connectivity index (χ4n) is 3.73. The van der Waals surface area contributed by atoms with Crippen molar-refractivity contribution in [3.63, 3.8) is 0 Å². The maximum atomic E-state index is 13.7. The van der Waals surface area contributed by atoms with Gasteiger partial charge in [-0.05, 0) is 62.1 Å². The number of nitrogens with one attached hydrogen (secondary N) is 1. The summed E-state index contributed by atoms with van der Waals surface area (Å²) < 4.78 is 34.3. The summed E-state index contributed by atoms with van der Waals surface area (Å²) in [5.74, 6) is 0.159. The molecule has 34 heavy (non-hydrogen) atoms. The number of hydrogen-bond donors (Lipinski definition) is 1. The number of aryl methyl sites for hydroxylation is 2. The number of anilines is 2. The minimum absolute atomic E-state index is 0.107. The Labute approximate surface area is 202 Å². The molecule has 0 aliphatic carbocycles. The highest BCUT2D eigenvalue weighted by atomic mass is 32.2. The molecule has 0 heterocycles. The molecule has 0 bridgehead atoms. The molecule has 3 aromatic rings. The predicted octanol–water partition coefficient (Wildman–Crippen LogP) is 5.66. The summed E-state index contributed by atoms with van der Waals surface area (Å²) in [7, 11) is -4.04. The van der Waals surface area contributed by atoms with Gasteiger partial charge in [0.05, 0.1) is 17.2 Å². The molecule has 0 atom stereocenters. The second kappa shape index (κ2) is 10.7. The van der Waals surface area contributed by atoms with Crippen LogP contribution in [0.2, 0.25) is 0 Å². The van der Waals surface area contributed by atoms with Crippen molar-refractivity contribution in [3.8, 4) is 5.75 Å². The molecule has 0 spiro atoms. The molecule has 3 aromatic carbocycles. The molecular formula is C27H32N2O4S. The Morgan fingerprint density at radius 3 is 2.29 bits per heavy atom. The number of para-hydroxylation sites is 3. The number of carbonyl (C=O) groups excluding carboxylic acids is 1. The molecule has 0 saturated heterocycles. The lowest BCUT2D eigenvalue weighted by Gasteiger charge is -2.26. The third-order valence-corrected chi connectivity index (χ3v) is 7.30. The number of hydrogen-bond acceptors (Lipinski definition) is 4. The van der Waals surface area contributed by atoms with Crippen LogP contribution in [0.5, 0.6) is 5.75 Å². The van der Waals surface area contributed by atoms with Crippen molar-refractivity contribution in [2.45, 2.75) is 45.4 Å². The lowest BCUT2D eigenvalue weighted by atomic mass is 9.98. The van der Waals surface area contributed by atoms with Gasteiger partial charge in [-0.1, -0.05) is 61.9 Å². The van der Waals surface area contributed by atoms with E-state index in [4.69, 9.17) is 4.74 Å². The van der Waals surface area contributed by atoms with Gasteiger partial charge in [0.25, 0.3) is 10.0 Å². The summed E-state index contributed by atoms with van der Waals surface area (Å²) in [5, 5.41) is 2.96. The number of benzene rings is 3. The fraction of sp³-hybridized carbons (Fsp3) is 0.296. The number of rotatable bonds is 9. The molecule has 0 saturated carbocycles. The second-order valence-corrected chi connectivity index (χ2v) is 10.3. The highest BCUT2D eigenvalue weighted by Gasteiger charge is 2.29. The number of amides is 1. The Balaban J connectivity index is 2.04. The summed E-state index contributed by atoms with van der Waals surface area (Å²) in [6, 6.07) is 19.3. The zero-order chi connectivity index (χ0) is 24.9. The number of ether oxygens (including phenoxy) is 1. The summed E-state index contributed by atoms with van der Waals surface area (Å²) in [6.07, 6.45) is 0. The van der Waals surface area contributed by atoms with Crippen molar-refractivity contribution in [1.29, 1.82) is 0 Å². The Morgan fingerprint density at radius 2 is 1.65 bits per heavy atom. The zero-order valence-corrected chi connectivity index (χ0v) is 21.1. The Bertz CT molecular complexity index is 1250. The summed E-state index contributed by atoms with van der Waals surface area (Å²) in [4.78, 5) is 13.4. The first-order valence-electron chi connectivity index (χ1n) is 11.4. The molecule has 0 aliphatic rings. The third kappa shape index (κ3) is 5.59. The van der Waals surface area contributed by atoms with Gasteiger partial charge in [0, 0.05) is 5.69 Å². The molecule has 1 amide bonds. The van der Waals surface area contributed by atoms with Crippen molar-refractivity contribution in [3.05, 3.63) is 83.4 Å². The van der Waals surface area contributed by atoms with Crippen LogP contribution < -0.4 is 14.4 Å². The van der Waals surface area contributed by atoms with E-state index in [9.17, 15) is 13.2 Å². The average molecular weight is 481 g/mol. The van der Waals surface area contributed by atoms with E-state index >= 15 is 0 Å². The Kier molecular flexibility index (Phi) is 7.99. The highest BCUT2D eigenvalue weighted by molar-refractivity contribution is 7.92. The molecule has 1 N–H and O–H groups in total. The zero-order valence-electron chi connectivity index (χ0n) is 20.3. The van der Waals surface area contributed by atoms with Gasteiger partial charge in [0.2, 0.25) is 5.91 Å². The Hall–Kier alpha value is -3.32. The molecule has 6 nitrogen and oxygen atoms in total. The van der Waals surface area contributed by atoms with E-state index in [2.05, 4.69) is 19.2 Å². The predicted molar refractivity (Wildman–Crippen MR) is 137 cm³/mol. The SMILES string of the molecule is CCOc1ccccc1N(CC(=O)Nc1c(C)cccc1C(C)C)S(=O)(=O)c1ccc(C)cc1. The minimum atomic E-state index is -4.04. The van der Waals surface area contributed by atoms with E-state index in [0.717, 1.165) is 21.0 Å². The number of carbonyl (C=O) groups is 1. The quantitative estimate of drug-likeness (QED) is 0.429. The molecule has 0 unspecified atom stereocenters. The van der Waals surface area contributed by atoms with Crippen LogP contribution in [0.4, 0.5) is 11.4 Å². The maximum absolute atomic E-state index is 13.7. The van der Waals surface area contributed by atoms with Crippen LogP contribution in [0.15, 0.2) is 71.6 Å². The molecule has 0 aliphatic heterocycles. The van der Waals surface area contributed by atoms with Gasteiger partial charge in [-0.3, -0.25) is 9.10 Å². The molecule has 0 fully saturated rings. The van der Waals surface area contributed by atoms with Crippen LogP contribution in [0.3, 0.4) is 0 Å². The first-order valence-corrected chi connectivity index (χ1v) is 12.8. The number of sulfonamides is 1. The van der Waals surface area contributed by atoms with Gasteiger partial charge in [-0.2, -0.15) is 0 Å². The van der Waals surface area contributed by atoms with Crippen LogP contribution in [-0.2, 0) is 14.8 Å². The van der Waals surface area contributed by atoms with Crippen LogP contribution in [0.25, 0.3) is 0 Å². The summed E-state index contributed by atoms with van der Waals surface area (Å²) >= 11 is 0. The third-order valence-electron chi connectivity index (χ3n) is 5.52. The minimum Gasteiger partial charge on any atom is -0.492 e. The molecule has 0 aromatic heterocycles. The van der Waals surface area contributed by atoms with E-state index in [1.807, 2.05) is 39.0 Å². The normalized spacial score (nSPS) is 11.4.